The number of ether oxygens (including phenoxy) is 8. The van der Waals surface area contributed by atoms with E-state index in [0.29, 0.717) is 0 Å². The van der Waals surface area contributed by atoms with Gasteiger partial charge < -0.3 is 89.0 Å². The van der Waals surface area contributed by atoms with Crippen molar-refractivity contribution in [1.82, 2.24) is 0 Å². The molecule has 0 amide bonds. The van der Waals surface area contributed by atoms with Gasteiger partial charge in [-0.1, -0.05) is 40.5 Å². The molecule has 2 saturated heterocycles. The highest BCUT2D eigenvalue weighted by Crippen LogP contribution is 2.49. The summed E-state index contributed by atoms with van der Waals surface area (Å²) in [5.74, 6) is -3.94. The van der Waals surface area contributed by atoms with Crippen molar-refractivity contribution in [2.75, 3.05) is 26.4 Å². The summed E-state index contributed by atoms with van der Waals surface area (Å²) in [7, 11) is 0. The minimum Gasteiger partial charge on any atom is -0.472 e. The molecule has 62 heavy (non-hydrogen) atoms. The SMILES string of the molecule is C[C@H](CCCC[C@@H](C)COC(=O)C1=CO[C@@H](O[C@@H]2O[C@H](CO)[C@@H](O)[C@H](O)[C@H]2O)[C@H]2[C@@H](C)[C@@H](O)C[C@H]12)COC(=O)C1=CO[C@@H](O[C@@H]2O[C@H](CO)[C@@H](O)[C@H](O)[C@H]2O)[C@H]2[C@@H](C)[C@@H](O)C[C@H]12. The van der Waals surface area contributed by atoms with Crippen molar-refractivity contribution in [3.05, 3.63) is 23.7 Å². The molecule has 20 nitrogen and oxygen atoms in total. The van der Waals surface area contributed by atoms with Gasteiger partial charge >= 0.3 is 11.9 Å². The lowest BCUT2D eigenvalue weighted by Crippen LogP contribution is -2.60. The number of hydrogen-bond acceptors (Lipinski definition) is 20. The van der Waals surface area contributed by atoms with Crippen molar-refractivity contribution in [3.8, 4) is 0 Å². The van der Waals surface area contributed by atoms with Gasteiger partial charge in [-0.2, -0.15) is 0 Å². The van der Waals surface area contributed by atoms with Crippen molar-refractivity contribution in [2.24, 2.45) is 47.3 Å². The minimum atomic E-state index is -1.65. The lowest BCUT2D eigenvalue weighted by atomic mass is 9.83. The number of rotatable bonds is 17. The molecule has 6 rings (SSSR count). The summed E-state index contributed by atoms with van der Waals surface area (Å²) in [6, 6.07) is 0. The summed E-state index contributed by atoms with van der Waals surface area (Å²) in [6.07, 6.45) is -12.6. The second-order valence-corrected chi connectivity index (χ2v) is 18.2. The summed E-state index contributed by atoms with van der Waals surface area (Å²) in [6.45, 7) is 6.53. The predicted octanol–water partition coefficient (Wildman–Crippen LogP) is -1.71. The summed E-state index contributed by atoms with van der Waals surface area (Å²) < 4.78 is 45.7. The van der Waals surface area contributed by atoms with Gasteiger partial charge in [0.15, 0.2) is 12.6 Å². The average molecular weight is 891 g/mol. The van der Waals surface area contributed by atoms with Crippen LogP contribution >= 0.6 is 0 Å². The third-order valence-corrected chi connectivity index (χ3v) is 13.8. The topological polar surface area (TPSA) is 310 Å². The molecule has 4 aliphatic heterocycles. The first-order valence-corrected chi connectivity index (χ1v) is 21.8. The quantitative estimate of drug-likeness (QED) is 0.0574. The van der Waals surface area contributed by atoms with Crippen LogP contribution in [0.4, 0.5) is 0 Å². The fraction of sp³-hybridized carbons (Fsp3) is 0.857. The first-order valence-electron chi connectivity index (χ1n) is 21.8. The molecule has 22 atom stereocenters. The molecular weight excluding hydrogens is 824 g/mol. The van der Waals surface area contributed by atoms with Crippen LogP contribution in [0.25, 0.3) is 0 Å². The lowest BCUT2D eigenvalue weighted by Gasteiger charge is -2.43. The van der Waals surface area contributed by atoms with E-state index in [1.165, 1.54) is 12.5 Å². The molecule has 4 heterocycles. The number of carbonyl (C=O) groups is 2. The highest BCUT2D eigenvalue weighted by Gasteiger charge is 2.55. The summed E-state index contributed by atoms with van der Waals surface area (Å²) in [4.78, 5) is 26.6. The molecule has 354 valence electrons. The van der Waals surface area contributed by atoms with Crippen LogP contribution < -0.4 is 0 Å². The van der Waals surface area contributed by atoms with Crippen molar-refractivity contribution in [1.29, 1.82) is 0 Å². The van der Waals surface area contributed by atoms with Gasteiger partial charge in [0.05, 0.1) is 62.3 Å². The molecule has 2 saturated carbocycles. The van der Waals surface area contributed by atoms with E-state index in [4.69, 9.17) is 37.9 Å². The molecule has 0 aromatic rings. The van der Waals surface area contributed by atoms with Crippen LogP contribution in [-0.4, -0.2) is 176 Å². The standard InChI is InChI=1S/C42H66O20/c1-17(13-55-37(53)23-15-57-39(29-19(3)25(45)9-21(23)29)61-41-35(51)33(49)31(47)27(11-43)59-41)7-5-6-8-18(2)14-56-38(54)24-16-58-40(30-20(4)26(46)10-22(24)30)62-42-36(52)34(50)32(48)28(12-44)60-42/h15-22,25-36,39-52H,5-14H2,1-4H3/t17-,18-,19+,20+,21-,22-,25+,26+,27-,28-,29+,30+,31-,32-,33+,34+,35-,36-,39+,40+,41+,42+/m1/s1. The minimum absolute atomic E-state index is 0.0206. The van der Waals surface area contributed by atoms with Gasteiger partial charge in [-0.15, -0.1) is 0 Å². The molecular formula is C42H66O20. The van der Waals surface area contributed by atoms with Crippen molar-refractivity contribution in [3.63, 3.8) is 0 Å². The van der Waals surface area contributed by atoms with E-state index in [9.17, 15) is 60.7 Å². The maximum absolute atomic E-state index is 13.3. The van der Waals surface area contributed by atoms with Crippen LogP contribution in [0.3, 0.4) is 0 Å². The molecule has 0 bridgehead atoms. The van der Waals surface area contributed by atoms with Gasteiger partial charge in [0.1, 0.15) is 48.8 Å². The number of esters is 2. The highest BCUT2D eigenvalue weighted by atomic mass is 16.8. The van der Waals surface area contributed by atoms with E-state index in [2.05, 4.69) is 0 Å². The van der Waals surface area contributed by atoms with Gasteiger partial charge in [-0.3, -0.25) is 0 Å². The Bertz CT molecular complexity index is 1450. The van der Waals surface area contributed by atoms with E-state index < -0.39 is 135 Å². The molecule has 6 aliphatic rings. The highest BCUT2D eigenvalue weighted by molar-refractivity contribution is 5.89. The summed E-state index contributed by atoms with van der Waals surface area (Å²) >= 11 is 0. The predicted molar refractivity (Wildman–Crippen MR) is 208 cm³/mol. The Labute approximate surface area is 359 Å². The number of hydrogen-bond donors (Lipinski definition) is 10. The third kappa shape index (κ3) is 10.4. The lowest BCUT2D eigenvalue weighted by molar-refractivity contribution is -0.342. The second kappa shape index (κ2) is 21.2. The Morgan fingerprint density at radius 2 is 0.968 bits per heavy atom. The van der Waals surface area contributed by atoms with Gasteiger partial charge in [-0.25, -0.2) is 9.59 Å². The average Bonchev–Trinajstić information content (AvgIpc) is 3.73. The van der Waals surface area contributed by atoms with Crippen LogP contribution in [-0.2, 0) is 47.5 Å². The number of aliphatic hydroxyl groups is 10. The third-order valence-electron chi connectivity index (χ3n) is 13.8. The Hall–Kier alpha value is -2.54. The molecule has 0 spiro atoms. The molecule has 0 aromatic heterocycles. The second-order valence-electron chi connectivity index (χ2n) is 18.2. The molecule has 20 heteroatoms. The zero-order valence-electron chi connectivity index (χ0n) is 35.5. The van der Waals surface area contributed by atoms with Crippen LogP contribution in [0, 0.1) is 47.3 Å². The fourth-order valence-electron chi connectivity index (χ4n) is 9.71. The van der Waals surface area contributed by atoms with Crippen LogP contribution in [0.15, 0.2) is 23.7 Å². The first kappa shape index (κ1) is 48.9. The maximum atomic E-state index is 13.3. The fourth-order valence-corrected chi connectivity index (χ4v) is 9.71. The number of carbonyl (C=O) groups excluding carboxylic acids is 2. The van der Waals surface area contributed by atoms with Crippen molar-refractivity contribution < 1.29 is 98.5 Å². The molecule has 0 unspecified atom stereocenters. The first-order chi connectivity index (χ1) is 29.5. The maximum Gasteiger partial charge on any atom is 0.337 e. The summed E-state index contributed by atoms with van der Waals surface area (Å²) in [5.41, 5.74) is 0.488. The summed E-state index contributed by atoms with van der Waals surface area (Å²) in [5, 5.41) is 102. The van der Waals surface area contributed by atoms with E-state index in [0.717, 1.165) is 25.7 Å². The molecule has 0 aromatic carbocycles. The van der Waals surface area contributed by atoms with Gasteiger partial charge in [0, 0.05) is 23.7 Å². The van der Waals surface area contributed by atoms with E-state index >= 15 is 0 Å². The molecule has 2 aliphatic carbocycles. The van der Waals surface area contributed by atoms with E-state index in [1.54, 1.807) is 13.8 Å². The van der Waals surface area contributed by atoms with Gasteiger partial charge in [0.25, 0.3) is 0 Å². The van der Waals surface area contributed by atoms with Crippen molar-refractivity contribution >= 4 is 11.9 Å². The monoisotopic (exact) mass is 890 g/mol. The van der Waals surface area contributed by atoms with Gasteiger partial charge in [-0.05, 0) is 49.4 Å². The Morgan fingerprint density at radius 3 is 1.32 bits per heavy atom. The normalized spacial score (nSPS) is 43.8. The zero-order valence-corrected chi connectivity index (χ0v) is 35.5. The van der Waals surface area contributed by atoms with Crippen LogP contribution in [0.5, 0.6) is 0 Å². The number of unbranched alkanes of at least 4 members (excludes halogenated alkanes) is 1. The van der Waals surface area contributed by atoms with Crippen molar-refractivity contribution in [2.45, 2.75) is 152 Å². The van der Waals surface area contributed by atoms with Crippen LogP contribution in [0.2, 0.25) is 0 Å². The van der Waals surface area contributed by atoms with Gasteiger partial charge in [0.2, 0.25) is 12.6 Å². The smallest absolute Gasteiger partial charge is 0.337 e. The molecule has 10 N–H and O–H groups in total. The zero-order chi connectivity index (χ0) is 45.2. The number of fused-ring (bicyclic) bond motifs is 2. The Balaban J connectivity index is 0.920. The Morgan fingerprint density at radius 1 is 0.597 bits per heavy atom. The largest absolute Gasteiger partial charge is 0.472 e. The molecule has 0 radical (unpaired) electrons. The molecule has 4 fully saturated rings. The van der Waals surface area contributed by atoms with E-state index in [-0.39, 0.29) is 60.9 Å². The Kier molecular flexibility index (Phi) is 16.7. The van der Waals surface area contributed by atoms with E-state index in [1.807, 2.05) is 13.8 Å². The van der Waals surface area contributed by atoms with Crippen LogP contribution in [0.1, 0.15) is 66.2 Å². The number of aliphatic hydroxyl groups excluding tert-OH is 10.